The average molecular weight is 369 g/mol. The van der Waals surface area contributed by atoms with E-state index in [-0.39, 0.29) is 8.80 Å². The first-order valence-corrected chi connectivity index (χ1v) is 11.0. The second-order valence-electron chi connectivity index (χ2n) is 7.00. The van der Waals surface area contributed by atoms with Crippen molar-refractivity contribution in [3.63, 3.8) is 0 Å². The van der Waals surface area contributed by atoms with Crippen molar-refractivity contribution in [3.05, 3.63) is 33.8 Å². The van der Waals surface area contributed by atoms with Crippen molar-refractivity contribution in [3.8, 4) is 0 Å². The second-order valence-corrected chi connectivity index (χ2v) is 11.2. The van der Waals surface area contributed by atoms with Gasteiger partial charge in [0.15, 0.2) is 0 Å². The van der Waals surface area contributed by atoms with Gasteiger partial charge in [-0.1, -0.05) is 55.0 Å². The molecule has 1 N–H and O–H groups in total. The van der Waals surface area contributed by atoms with E-state index in [2.05, 4.69) is 73.3 Å². The highest BCUT2D eigenvalue weighted by molar-refractivity contribution is 9.10. The normalized spacial score (nSPS) is 22.4. The Kier molecular flexibility index (Phi) is 5.69. The Morgan fingerprint density at radius 2 is 2.10 bits per heavy atom. The highest BCUT2D eigenvalue weighted by Crippen LogP contribution is 2.32. The van der Waals surface area contributed by atoms with Gasteiger partial charge < -0.3 is 10.1 Å². The van der Waals surface area contributed by atoms with Crippen LogP contribution in [0.25, 0.3) is 0 Å². The van der Waals surface area contributed by atoms with E-state index in [0.29, 0.717) is 17.1 Å². The molecule has 0 amide bonds. The summed E-state index contributed by atoms with van der Waals surface area (Å²) in [5.41, 5.74) is 2.85. The molecular formula is C17H27BrNOSi. The van der Waals surface area contributed by atoms with Gasteiger partial charge in [-0.25, -0.2) is 0 Å². The molecule has 0 spiro atoms. The summed E-state index contributed by atoms with van der Waals surface area (Å²) >= 11 is 3.69. The molecule has 21 heavy (non-hydrogen) atoms. The summed E-state index contributed by atoms with van der Waals surface area (Å²) in [4.78, 5) is 0. The van der Waals surface area contributed by atoms with Gasteiger partial charge >= 0.3 is 0 Å². The van der Waals surface area contributed by atoms with Crippen molar-refractivity contribution in [1.29, 1.82) is 0 Å². The van der Waals surface area contributed by atoms with Crippen molar-refractivity contribution in [1.82, 2.24) is 5.32 Å². The molecule has 2 rings (SSSR count). The van der Waals surface area contributed by atoms with Crippen LogP contribution in [0, 0.1) is 0 Å². The van der Waals surface area contributed by atoms with Crippen LogP contribution in [0.4, 0.5) is 0 Å². The first kappa shape index (κ1) is 17.2. The molecule has 4 heteroatoms. The molecule has 1 heterocycles. The van der Waals surface area contributed by atoms with E-state index in [1.807, 2.05) is 0 Å². The molecule has 117 valence electrons. The monoisotopic (exact) mass is 368 g/mol. The molecule has 0 unspecified atom stereocenters. The Labute approximate surface area is 139 Å². The molecule has 2 nitrogen and oxygen atoms in total. The van der Waals surface area contributed by atoms with E-state index in [0.717, 1.165) is 19.6 Å². The van der Waals surface area contributed by atoms with Crippen LogP contribution in [0.5, 0.6) is 0 Å². The third-order valence-electron chi connectivity index (χ3n) is 4.69. The van der Waals surface area contributed by atoms with E-state index in [9.17, 15) is 0 Å². The minimum absolute atomic E-state index is 0.332. The minimum atomic E-state index is -0.332. The first-order chi connectivity index (χ1) is 9.81. The molecule has 0 saturated heterocycles. The predicted molar refractivity (Wildman–Crippen MR) is 95.5 cm³/mol. The Morgan fingerprint density at radius 3 is 2.76 bits per heavy atom. The highest BCUT2D eigenvalue weighted by atomic mass is 79.9. The molecule has 2 atom stereocenters. The lowest BCUT2D eigenvalue weighted by molar-refractivity contribution is 0.0885. The lowest BCUT2D eigenvalue weighted by Gasteiger charge is -2.33. The summed E-state index contributed by atoms with van der Waals surface area (Å²) in [6.45, 7) is 13.3. The topological polar surface area (TPSA) is 21.3 Å². The fourth-order valence-electron chi connectivity index (χ4n) is 2.65. The Morgan fingerprint density at radius 1 is 1.38 bits per heavy atom. The number of halogens is 1. The summed E-state index contributed by atoms with van der Waals surface area (Å²) in [5.74, 6) is 0. The van der Waals surface area contributed by atoms with E-state index in [4.69, 9.17) is 4.74 Å². The summed E-state index contributed by atoms with van der Waals surface area (Å²) < 4.78 is 7.28. The van der Waals surface area contributed by atoms with Crippen LogP contribution in [0.2, 0.25) is 18.1 Å². The Bertz CT molecular complexity index is 490. The molecule has 0 bridgehead atoms. The molecule has 1 aromatic rings. The van der Waals surface area contributed by atoms with Crippen molar-refractivity contribution in [2.75, 3.05) is 13.2 Å². The molecule has 1 radical (unpaired) electrons. The maximum atomic E-state index is 6.05. The third kappa shape index (κ3) is 4.18. The van der Waals surface area contributed by atoms with E-state index < -0.39 is 0 Å². The molecule has 0 fully saturated rings. The molecule has 1 aromatic carbocycles. The molecule has 0 saturated carbocycles. The molecular weight excluding hydrogens is 342 g/mol. The van der Waals surface area contributed by atoms with Gasteiger partial charge in [-0.15, -0.1) is 0 Å². The van der Waals surface area contributed by atoms with Gasteiger partial charge in [0.25, 0.3) is 0 Å². The maximum Gasteiger partial charge on any atom is 0.0623 e. The summed E-state index contributed by atoms with van der Waals surface area (Å²) in [7, 11) is -0.332. The molecule has 0 aliphatic carbocycles. The fourth-order valence-corrected chi connectivity index (χ4v) is 3.59. The Balaban J connectivity index is 1.94. The Hall–Kier alpha value is -0.163. The minimum Gasteiger partial charge on any atom is -0.380 e. The first-order valence-electron chi connectivity index (χ1n) is 7.73. The summed E-state index contributed by atoms with van der Waals surface area (Å²) in [6.07, 6.45) is 1.04. The molecule has 0 aromatic heterocycles. The lowest BCUT2D eigenvalue weighted by atomic mass is 9.91. The van der Waals surface area contributed by atoms with Gasteiger partial charge in [0, 0.05) is 23.2 Å². The van der Waals surface area contributed by atoms with Crippen molar-refractivity contribution < 1.29 is 4.74 Å². The molecule has 1 aliphatic heterocycles. The van der Waals surface area contributed by atoms with Crippen LogP contribution in [0.15, 0.2) is 22.7 Å². The van der Waals surface area contributed by atoms with Crippen LogP contribution >= 0.6 is 15.9 Å². The van der Waals surface area contributed by atoms with E-state index in [1.54, 1.807) is 0 Å². The van der Waals surface area contributed by atoms with Crippen LogP contribution in [0.3, 0.4) is 0 Å². The van der Waals surface area contributed by atoms with Gasteiger partial charge in [0.05, 0.1) is 15.4 Å². The number of ether oxygens (including phenoxy) is 1. The van der Waals surface area contributed by atoms with Gasteiger partial charge in [0.1, 0.15) is 0 Å². The third-order valence-corrected chi connectivity index (χ3v) is 8.29. The fraction of sp³-hybridized carbons (Fsp3) is 0.647. The van der Waals surface area contributed by atoms with E-state index in [1.165, 1.54) is 15.6 Å². The summed E-state index contributed by atoms with van der Waals surface area (Å²) in [5, 5.41) is 4.01. The zero-order chi connectivity index (χ0) is 15.6. The number of hydrogen-bond acceptors (Lipinski definition) is 2. The standard InChI is InChI=1S/C17H27BrNOSi/c1-12-14-7-6-8-16(18)15(14)9-13(19-12)10-20-11-17(2,3)21(4)5/h6-8,12-13,19H,9-11H2,1-5H3/t12-,13+/m0/s1. The van der Waals surface area contributed by atoms with Crippen molar-refractivity contribution in [2.45, 2.75) is 57.4 Å². The van der Waals surface area contributed by atoms with Crippen molar-refractivity contribution >= 4 is 24.7 Å². The second kappa shape index (κ2) is 6.94. The van der Waals surface area contributed by atoms with Gasteiger partial charge in [-0.3, -0.25) is 0 Å². The number of nitrogens with one attached hydrogen (secondary N) is 1. The SMILES string of the molecule is C[C@@H]1N[C@@H](COCC(C)(C)[Si](C)C)Cc2c(Br)cccc21. The average Bonchev–Trinajstić information content (AvgIpc) is 2.40. The number of benzene rings is 1. The van der Waals surface area contributed by atoms with Gasteiger partial charge in [-0.05, 0) is 35.6 Å². The molecule has 1 aliphatic rings. The number of hydrogen-bond donors (Lipinski definition) is 1. The number of fused-ring (bicyclic) bond motifs is 1. The van der Waals surface area contributed by atoms with Crippen LogP contribution in [0.1, 0.15) is 37.9 Å². The predicted octanol–water partition coefficient (Wildman–Crippen LogP) is 4.58. The zero-order valence-electron chi connectivity index (χ0n) is 13.8. The quantitative estimate of drug-likeness (QED) is 0.768. The summed E-state index contributed by atoms with van der Waals surface area (Å²) in [6, 6.07) is 7.28. The van der Waals surface area contributed by atoms with Crippen LogP contribution in [-0.2, 0) is 11.2 Å². The highest BCUT2D eigenvalue weighted by Gasteiger charge is 2.27. The van der Waals surface area contributed by atoms with Gasteiger partial charge in [-0.2, -0.15) is 0 Å². The smallest absolute Gasteiger partial charge is 0.0623 e. The maximum absolute atomic E-state index is 6.05. The van der Waals surface area contributed by atoms with Crippen LogP contribution < -0.4 is 5.32 Å². The largest absolute Gasteiger partial charge is 0.380 e. The number of rotatable bonds is 5. The van der Waals surface area contributed by atoms with Crippen LogP contribution in [-0.4, -0.2) is 28.1 Å². The van der Waals surface area contributed by atoms with E-state index >= 15 is 0 Å². The van der Waals surface area contributed by atoms with Gasteiger partial charge in [0.2, 0.25) is 0 Å². The zero-order valence-corrected chi connectivity index (χ0v) is 16.4. The van der Waals surface area contributed by atoms with Crippen molar-refractivity contribution in [2.24, 2.45) is 0 Å². The lowest BCUT2D eigenvalue weighted by Crippen LogP contribution is -2.42.